The third kappa shape index (κ3) is 4.69. The van der Waals surface area contributed by atoms with E-state index in [-0.39, 0.29) is 11.8 Å². The number of rotatable bonds is 5. The van der Waals surface area contributed by atoms with E-state index in [1.807, 2.05) is 48.5 Å². The molecule has 0 aliphatic rings. The van der Waals surface area contributed by atoms with Crippen LogP contribution in [0.4, 0.5) is 11.4 Å². The number of hydrogen-bond donors (Lipinski definition) is 1. The second-order valence-electron chi connectivity index (χ2n) is 6.25. The van der Waals surface area contributed by atoms with Gasteiger partial charge >= 0.3 is 0 Å². The highest BCUT2D eigenvalue weighted by Gasteiger charge is 2.08. The molecule has 2 aromatic carbocycles. The Morgan fingerprint density at radius 1 is 1.00 bits per heavy atom. The molecule has 0 radical (unpaired) electrons. The zero-order chi connectivity index (χ0) is 17.7. The van der Waals surface area contributed by atoms with Gasteiger partial charge in [-0.1, -0.05) is 38.1 Å². The van der Waals surface area contributed by atoms with Crippen LogP contribution in [-0.4, -0.2) is 18.9 Å². The van der Waals surface area contributed by atoms with Crippen molar-refractivity contribution in [2.45, 2.75) is 33.1 Å². The first-order chi connectivity index (χ1) is 11.4. The lowest BCUT2D eigenvalue weighted by Gasteiger charge is -2.15. The molecular weight excluding hydrogens is 300 g/mol. The number of carbonyl (C=O) groups excluding carboxylic acids is 2. The van der Waals surface area contributed by atoms with Crippen LogP contribution in [0.15, 0.2) is 48.5 Å². The number of benzene rings is 2. The van der Waals surface area contributed by atoms with Crippen LogP contribution in [0, 0.1) is 0 Å². The van der Waals surface area contributed by atoms with Gasteiger partial charge < -0.3 is 10.2 Å². The fourth-order valence-electron chi connectivity index (χ4n) is 2.36. The summed E-state index contributed by atoms with van der Waals surface area (Å²) < 4.78 is 0. The lowest BCUT2D eigenvalue weighted by atomic mass is 10.0. The quantitative estimate of drug-likeness (QED) is 0.904. The maximum absolute atomic E-state index is 12.2. The van der Waals surface area contributed by atoms with Crippen LogP contribution in [-0.2, 0) is 16.0 Å². The third-order valence-electron chi connectivity index (χ3n) is 4.02. The van der Waals surface area contributed by atoms with Crippen molar-refractivity contribution in [3.63, 3.8) is 0 Å². The van der Waals surface area contributed by atoms with Gasteiger partial charge in [-0.15, -0.1) is 0 Å². The van der Waals surface area contributed by atoms with E-state index in [2.05, 4.69) is 19.2 Å². The highest BCUT2D eigenvalue weighted by Crippen LogP contribution is 2.18. The Labute approximate surface area is 143 Å². The first kappa shape index (κ1) is 17.7. The minimum atomic E-state index is -0.0556. The molecule has 0 aromatic heterocycles. The zero-order valence-corrected chi connectivity index (χ0v) is 14.7. The summed E-state index contributed by atoms with van der Waals surface area (Å²) in [5.41, 5.74) is 3.78. The van der Waals surface area contributed by atoms with E-state index in [1.165, 1.54) is 12.5 Å². The molecule has 2 aromatic rings. The van der Waals surface area contributed by atoms with Gasteiger partial charge in [-0.2, -0.15) is 0 Å². The summed E-state index contributed by atoms with van der Waals surface area (Å²) in [6, 6.07) is 15.4. The van der Waals surface area contributed by atoms with Crippen molar-refractivity contribution in [1.29, 1.82) is 0 Å². The van der Waals surface area contributed by atoms with Crippen molar-refractivity contribution in [2.75, 3.05) is 17.3 Å². The SMILES string of the molecule is CC(=O)N(C)c1ccc(CC(=O)Nc2ccc(C(C)C)cc2)cc1. The van der Waals surface area contributed by atoms with Gasteiger partial charge in [-0.05, 0) is 41.3 Å². The van der Waals surface area contributed by atoms with E-state index in [9.17, 15) is 9.59 Å². The van der Waals surface area contributed by atoms with Crippen LogP contribution in [0.2, 0.25) is 0 Å². The van der Waals surface area contributed by atoms with Gasteiger partial charge in [0.05, 0.1) is 6.42 Å². The third-order valence-corrected chi connectivity index (χ3v) is 4.02. The van der Waals surface area contributed by atoms with Crippen LogP contribution in [0.1, 0.15) is 37.8 Å². The monoisotopic (exact) mass is 324 g/mol. The van der Waals surface area contributed by atoms with E-state index >= 15 is 0 Å². The molecule has 0 bridgehead atoms. The van der Waals surface area contributed by atoms with E-state index in [1.54, 1.807) is 11.9 Å². The maximum atomic E-state index is 12.2. The lowest BCUT2D eigenvalue weighted by Crippen LogP contribution is -2.22. The molecule has 0 spiro atoms. The minimum Gasteiger partial charge on any atom is -0.326 e. The van der Waals surface area contributed by atoms with Crippen LogP contribution in [0.25, 0.3) is 0 Å². The molecule has 0 aliphatic heterocycles. The Hall–Kier alpha value is -2.62. The normalized spacial score (nSPS) is 10.5. The Kier molecular flexibility index (Phi) is 5.74. The molecule has 0 saturated carbocycles. The van der Waals surface area contributed by atoms with Gasteiger partial charge in [-0.25, -0.2) is 0 Å². The molecule has 1 N–H and O–H groups in total. The maximum Gasteiger partial charge on any atom is 0.228 e. The predicted octanol–water partition coefficient (Wildman–Crippen LogP) is 3.97. The molecule has 0 unspecified atom stereocenters. The number of hydrogen-bond acceptors (Lipinski definition) is 2. The molecule has 0 saturated heterocycles. The summed E-state index contributed by atoms with van der Waals surface area (Å²) in [5.74, 6) is 0.395. The largest absolute Gasteiger partial charge is 0.326 e. The van der Waals surface area contributed by atoms with Gasteiger partial charge in [0, 0.05) is 25.3 Å². The summed E-state index contributed by atoms with van der Waals surface area (Å²) in [5, 5.41) is 2.91. The van der Waals surface area contributed by atoms with Crippen molar-refractivity contribution in [2.24, 2.45) is 0 Å². The van der Waals surface area contributed by atoms with Gasteiger partial charge in [0.25, 0.3) is 0 Å². The fourth-order valence-corrected chi connectivity index (χ4v) is 2.36. The van der Waals surface area contributed by atoms with Crippen molar-refractivity contribution in [1.82, 2.24) is 0 Å². The molecule has 0 atom stereocenters. The van der Waals surface area contributed by atoms with E-state index in [0.717, 1.165) is 16.9 Å². The highest BCUT2D eigenvalue weighted by molar-refractivity contribution is 5.93. The van der Waals surface area contributed by atoms with E-state index in [4.69, 9.17) is 0 Å². The van der Waals surface area contributed by atoms with Crippen molar-refractivity contribution in [3.8, 4) is 0 Å². The topological polar surface area (TPSA) is 49.4 Å². The average Bonchev–Trinajstić information content (AvgIpc) is 2.55. The van der Waals surface area contributed by atoms with Crippen molar-refractivity contribution >= 4 is 23.2 Å². The molecule has 0 fully saturated rings. The molecule has 4 nitrogen and oxygen atoms in total. The Bertz CT molecular complexity index is 703. The zero-order valence-electron chi connectivity index (χ0n) is 14.7. The van der Waals surface area contributed by atoms with Crippen LogP contribution in [0.3, 0.4) is 0 Å². The summed E-state index contributed by atoms with van der Waals surface area (Å²) in [4.78, 5) is 25.1. The summed E-state index contributed by atoms with van der Waals surface area (Å²) in [7, 11) is 1.73. The number of nitrogens with zero attached hydrogens (tertiary/aromatic N) is 1. The number of amides is 2. The first-order valence-electron chi connectivity index (χ1n) is 8.10. The number of anilines is 2. The Morgan fingerprint density at radius 3 is 2.08 bits per heavy atom. The molecule has 2 amide bonds. The van der Waals surface area contributed by atoms with Gasteiger partial charge in [-0.3, -0.25) is 9.59 Å². The van der Waals surface area contributed by atoms with Gasteiger partial charge in [0.15, 0.2) is 0 Å². The smallest absolute Gasteiger partial charge is 0.228 e. The molecule has 126 valence electrons. The lowest BCUT2D eigenvalue weighted by molar-refractivity contribution is -0.116. The summed E-state index contributed by atoms with van der Waals surface area (Å²) >= 11 is 0. The summed E-state index contributed by atoms with van der Waals surface area (Å²) in [6.45, 7) is 5.80. The molecule has 2 rings (SSSR count). The predicted molar refractivity (Wildman–Crippen MR) is 98.4 cm³/mol. The molecule has 4 heteroatoms. The first-order valence-corrected chi connectivity index (χ1v) is 8.10. The standard InChI is InChI=1S/C20H24N2O2/c1-14(2)17-7-9-18(10-8-17)21-20(24)13-16-5-11-19(12-6-16)22(4)15(3)23/h5-12,14H,13H2,1-4H3,(H,21,24). The molecule has 0 aliphatic carbocycles. The molecule has 0 heterocycles. The minimum absolute atomic E-state index is 0.0228. The van der Waals surface area contributed by atoms with Gasteiger partial charge in [0.2, 0.25) is 11.8 Å². The second-order valence-corrected chi connectivity index (χ2v) is 6.25. The second kappa shape index (κ2) is 7.77. The summed E-state index contributed by atoms with van der Waals surface area (Å²) in [6.07, 6.45) is 0.302. The van der Waals surface area contributed by atoms with Crippen molar-refractivity contribution < 1.29 is 9.59 Å². The van der Waals surface area contributed by atoms with Crippen LogP contribution in [0.5, 0.6) is 0 Å². The highest BCUT2D eigenvalue weighted by atomic mass is 16.2. The van der Waals surface area contributed by atoms with Crippen LogP contribution < -0.4 is 10.2 Å². The Balaban J connectivity index is 1.95. The van der Waals surface area contributed by atoms with E-state index in [0.29, 0.717) is 12.3 Å². The molecular formula is C20H24N2O2. The average molecular weight is 324 g/mol. The van der Waals surface area contributed by atoms with Crippen LogP contribution >= 0.6 is 0 Å². The van der Waals surface area contributed by atoms with E-state index < -0.39 is 0 Å². The van der Waals surface area contributed by atoms with Gasteiger partial charge in [0.1, 0.15) is 0 Å². The number of carbonyl (C=O) groups is 2. The van der Waals surface area contributed by atoms with Crippen molar-refractivity contribution in [3.05, 3.63) is 59.7 Å². The molecule has 24 heavy (non-hydrogen) atoms. The fraction of sp³-hybridized carbons (Fsp3) is 0.300. The Morgan fingerprint density at radius 2 is 1.58 bits per heavy atom. The number of nitrogens with one attached hydrogen (secondary N) is 1.